The van der Waals surface area contributed by atoms with Crippen LogP contribution in [0.4, 0.5) is 5.69 Å². The first-order valence-corrected chi connectivity index (χ1v) is 12.0. The Hall–Kier alpha value is -2.82. The van der Waals surface area contributed by atoms with Gasteiger partial charge in [-0.3, -0.25) is 0 Å². The minimum Gasteiger partial charge on any atom is -0.461 e. The number of benzene rings is 2. The lowest BCUT2D eigenvalue weighted by atomic mass is 9.89. The number of rotatable bonds is 7. The van der Waals surface area contributed by atoms with Gasteiger partial charge in [0.15, 0.2) is 0 Å². The molecule has 0 radical (unpaired) electrons. The molecular weight excluding hydrogens is 398 g/mol. The van der Waals surface area contributed by atoms with Gasteiger partial charge in [0.05, 0.1) is 11.0 Å². The maximum Gasteiger partial charge on any atom is 0.329 e. The fourth-order valence-corrected chi connectivity index (χ4v) is 4.90. The number of hydrogen-bond donors (Lipinski definition) is 0. The van der Waals surface area contributed by atoms with E-state index in [4.69, 9.17) is 9.72 Å². The van der Waals surface area contributed by atoms with E-state index in [9.17, 15) is 4.79 Å². The van der Waals surface area contributed by atoms with E-state index in [1.807, 2.05) is 35.8 Å². The summed E-state index contributed by atoms with van der Waals surface area (Å²) in [4.78, 5) is 20.4. The van der Waals surface area contributed by atoms with Gasteiger partial charge in [0, 0.05) is 24.3 Å². The normalized spacial score (nSPS) is 19.6. The summed E-state index contributed by atoms with van der Waals surface area (Å²) in [5.41, 5.74) is 4.04. The molecule has 1 fully saturated rings. The van der Waals surface area contributed by atoms with E-state index in [1.165, 1.54) is 12.1 Å². The molecule has 3 atom stereocenters. The number of carbonyl (C=O) groups excluding carboxylic acids is 1. The van der Waals surface area contributed by atoms with E-state index in [2.05, 4.69) is 49.9 Å². The Morgan fingerprint density at radius 1 is 1.12 bits per heavy atom. The molecule has 0 bridgehead atoms. The second kappa shape index (κ2) is 9.76. The lowest BCUT2D eigenvalue weighted by Gasteiger charge is -2.28. The zero-order chi connectivity index (χ0) is 22.7. The summed E-state index contributed by atoms with van der Waals surface area (Å²) in [5, 5.41) is 0. The second-order valence-electron chi connectivity index (χ2n) is 9.02. The van der Waals surface area contributed by atoms with Crippen LogP contribution in [0.5, 0.6) is 0 Å². The summed E-state index contributed by atoms with van der Waals surface area (Å²) in [6.07, 6.45) is 4.31. The molecule has 1 unspecified atom stereocenters. The molecule has 1 saturated carbocycles. The Bertz CT molecular complexity index is 1050. The molecule has 5 heteroatoms. The summed E-state index contributed by atoms with van der Waals surface area (Å²) in [6, 6.07) is 16.0. The van der Waals surface area contributed by atoms with Crippen molar-refractivity contribution in [3.8, 4) is 11.4 Å². The molecule has 1 aliphatic rings. The number of imidazole rings is 1. The number of nitrogens with zero attached hydrogens (tertiary/aromatic N) is 3. The monoisotopic (exact) mass is 433 g/mol. The molecule has 1 heterocycles. The Morgan fingerprint density at radius 3 is 2.53 bits per heavy atom. The lowest BCUT2D eigenvalue weighted by Crippen LogP contribution is -2.28. The van der Waals surface area contributed by atoms with Crippen LogP contribution in [0.3, 0.4) is 0 Å². The van der Waals surface area contributed by atoms with Gasteiger partial charge in [-0.2, -0.15) is 0 Å². The highest BCUT2D eigenvalue weighted by atomic mass is 16.5. The van der Waals surface area contributed by atoms with Gasteiger partial charge in [0.25, 0.3) is 0 Å². The molecule has 0 saturated heterocycles. The maximum absolute atomic E-state index is 13.2. The number of fused-ring (bicyclic) bond motifs is 1. The van der Waals surface area contributed by atoms with Crippen molar-refractivity contribution < 1.29 is 9.53 Å². The number of carbonyl (C=O) groups is 1. The molecule has 2 aromatic carbocycles. The quantitative estimate of drug-likeness (QED) is 0.414. The van der Waals surface area contributed by atoms with E-state index in [1.54, 1.807) is 0 Å². The van der Waals surface area contributed by atoms with Gasteiger partial charge in [-0.1, -0.05) is 25.5 Å². The van der Waals surface area contributed by atoms with Crippen LogP contribution >= 0.6 is 0 Å². The van der Waals surface area contributed by atoms with E-state index in [0.29, 0.717) is 5.92 Å². The molecule has 3 aromatic rings. The summed E-state index contributed by atoms with van der Waals surface area (Å²) in [6.45, 7) is 10.4. The first-order valence-electron chi connectivity index (χ1n) is 12.0. The van der Waals surface area contributed by atoms with Gasteiger partial charge in [-0.05, 0) is 82.3 Å². The summed E-state index contributed by atoms with van der Waals surface area (Å²) < 4.78 is 8.01. The molecule has 0 aliphatic heterocycles. The number of esters is 1. The summed E-state index contributed by atoms with van der Waals surface area (Å²) >= 11 is 0. The highest BCUT2D eigenvalue weighted by Gasteiger charge is 2.28. The van der Waals surface area contributed by atoms with Gasteiger partial charge in [-0.25, -0.2) is 9.78 Å². The van der Waals surface area contributed by atoms with Gasteiger partial charge >= 0.3 is 5.97 Å². The molecule has 1 aromatic heterocycles. The Kier molecular flexibility index (Phi) is 6.83. The van der Waals surface area contributed by atoms with Crippen LogP contribution in [0.2, 0.25) is 0 Å². The predicted octanol–water partition coefficient (Wildman–Crippen LogP) is 6.23. The minimum atomic E-state index is -0.447. The van der Waals surface area contributed by atoms with Crippen LogP contribution in [0.25, 0.3) is 22.4 Å². The van der Waals surface area contributed by atoms with Crippen molar-refractivity contribution in [2.45, 2.75) is 65.5 Å². The maximum atomic E-state index is 13.2. The van der Waals surface area contributed by atoms with Crippen molar-refractivity contribution in [2.24, 2.45) is 5.92 Å². The summed E-state index contributed by atoms with van der Waals surface area (Å²) in [5.74, 6) is 1.25. The first kappa shape index (κ1) is 22.4. The van der Waals surface area contributed by atoms with Gasteiger partial charge in [0.2, 0.25) is 0 Å². The molecule has 5 nitrogen and oxygen atoms in total. The Balaban J connectivity index is 1.66. The second-order valence-corrected chi connectivity index (χ2v) is 9.02. The Labute approximate surface area is 191 Å². The molecule has 0 amide bonds. The SMILES string of the molecule is CCN(CC)c1ccc(-c2nc3ccccc3n2[C@H](C)C(=O)OC2CCC[C@@H](C)C2)cc1. The van der Waals surface area contributed by atoms with Crippen LogP contribution in [-0.4, -0.2) is 34.7 Å². The van der Waals surface area contributed by atoms with E-state index < -0.39 is 6.04 Å². The van der Waals surface area contributed by atoms with Gasteiger partial charge in [0.1, 0.15) is 18.0 Å². The van der Waals surface area contributed by atoms with Crippen molar-refractivity contribution in [2.75, 3.05) is 18.0 Å². The van der Waals surface area contributed by atoms with E-state index >= 15 is 0 Å². The average molecular weight is 434 g/mol. The van der Waals surface area contributed by atoms with Crippen LogP contribution < -0.4 is 4.90 Å². The lowest BCUT2D eigenvalue weighted by molar-refractivity contribution is -0.154. The van der Waals surface area contributed by atoms with Crippen molar-refractivity contribution in [3.05, 3.63) is 48.5 Å². The summed E-state index contributed by atoms with van der Waals surface area (Å²) in [7, 11) is 0. The fourth-order valence-electron chi connectivity index (χ4n) is 4.90. The highest BCUT2D eigenvalue weighted by molar-refractivity contribution is 5.85. The topological polar surface area (TPSA) is 47.4 Å². The third-order valence-electron chi connectivity index (χ3n) is 6.75. The zero-order valence-corrected chi connectivity index (χ0v) is 19.8. The highest BCUT2D eigenvalue weighted by Crippen LogP contribution is 2.32. The molecule has 32 heavy (non-hydrogen) atoms. The molecule has 0 spiro atoms. The van der Waals surface area contributed by atoms with E-state index in [-0.39, 0.29) is 12.1 Å². The molecule has 4 rings (SSSR count). The van der Waals surface area contributed by atoms with Crippen molar-refractivity contribution >= 4 is 22.7 Å². The third-order valence-corrected chi connectivity index (χ3v) is 6.75. The number of aromatic nitrogens is 2. The zero-order valence-electron chi connectivity index (χ0n) is 19.8. The molecule has 0 N–H and O–H groups in total. The molecule has 170 valence electrons. The van der Waals surface area contributed by atoms with Crippen LogP contribution in [0.15, 0.2) is 48.5 Å². The first-order chi connectivity index (χ1) is 15.5. The van der Waals surface area contributed by atoms with Gasteiger partial charge < -0.3 is 14.2 Å². The average Bonchev–Trinajstić information content (AvgIpc) is 3.19. The minimum absolute atomic E-state index is 0.0280. The largest absolute Gasteiger partial charge is 0.461 e. The third kappa shape index (κ3) is 4.52. The van der Waals surface area contributed by atoms with Gasteiger partial charge in [-0.15, -0.1) is 0 Å². The number of ether oxygens (including phenoxy) is 1. The fraction of sp³-hybridized carbons (Fsp3) is 0.481. The van der Waals surface area contributed by atoms with Crippen molar-refractivity contribution in [3.63, 3.8) is 0 Å². The smallest absolute Gasteiger partial charge is 0.329 e. The Morgan fingerprint density at radius 2 is 1.84 bits per heavy atom. The number of para-hydroxylation sites is 2. The predicted molar refractivity (Wildman–Crippen MR) is 131 cm³/mol. The standard InChI is InChI=1S/C27H35N3O2/c1-5-29(6-2)22-16-14-21(15-17-22)26-28-24-12-7-8-13-25(24)30(26)20(4)27(31)32-23-11-9-10-19(3)18-23/h7-8,12-17,19-20,23H,5-6,9-11,18H2,1-4H3/t19-,20-,23?/m1/s1. The molecule has 1 aliphatic carbocycles. The number of hydrogen-bond acceptors (Lipinski definition) is 4. The van der Waals surface area contributed by atoms with Crippen molar-refractivity contribution in [1.82, 2.24) is 9.55 Å². The molecular formula is C27H35N3O2. The van der Waals surface area contributed by atoms with Crippen LogP contribution in [0.1, 0.15) is 59.4 Å². The number of anilines is 1. The van der Waals surface area contributed by atoms with Crippen LogP contribution in [0, 0.1) is 5.92 Å². The van der Waals surface area contributed by atoms with E-state index in [0.717, 1.165) is 54.8 Å². The van der Waals surface area contributed by atoms with Crippen LogP contribution in [-0.2, 0) is 9.53 Å². The van der Waals surface area contributed by atoms with Crippen molar-refractivity contribution in [1.29, 1.82) is 0 Å².